The molecule has 29 heavy (non-hydrogen) atoms. The van der Waals surface area contributed by atoms with Crippen LogP contribution in [0.4, 0.5) is 10.5 Å². The van der Waals surface area contributed by atoms with Crippen molar-refractivity contribution in [2.45, 2.75) is 45.1 Å². The number of pyridine rings is 1. The Bertz CT molecular complexity index is 904. The molecule has 1 amide bonds. The largest absolute Gasteiger partial charge is 0.474 e. The van der Waals surface area contributed by atoms with Crippen molar-refractivity contribution in [2.75, 3.05) is 32.6 Å². The van der Waals surface area contributed by atoms with Crippen LogP contribution < -0.4 is 10.1 Å². The second-order valence-electron chi connectivity index (χ2n) is 8.05. The van der Waals surface area contributed by atoms with Crippen LogP contribution in [0.15, 0.2) is 24.4 Å². The van der Waals surface area contributed by atoms with Crippen molar-refractivity contribution in [2.24, 2.45) is 0 Å². The van der Waals surface area contributed by atoms with E-state index in [2.05, 4.69) is 35.2 Å². The van der Waals surface area contributed by atoms with Gasteiger partial charge in [0.05, 0.1) is 12.8 Å². The number of nitrogens with one attached hydrogen (secondary N) is 1. The highest BCUT2D eigenvalue weighted by Gasteiger charge is 2.24. The number of methoxy groups -OCH3 is 1. The van der Waals surface area contributed by atoms with Gasteiger partial charge in [0.2, 0.25) is 5.88 Å². The van der Waals surface area contributed by atoms with Gasteiger partial charge in [0.15, 0.2) is 0 Å². The number of rotatable bonds is 4. The number of hydrogen-bond acceptors (Lipinski definition) is 5. The molecule has 1 N–H and O–H groups in total. The molecule has 1 aromatic carbocycles. The maximum absolute atomic E-state index is 12.1. The second kappa shape index (κ2) is 8.41. The molecule has 1 aromatic heterocycles. The minimum absolute atomic E-state index is 0.197. The first-order chi connectivity index (χ1) is 14.0. The minimum Gasteiger partial charge on any atom is -0.474 e. The van der Waals surface area contributed by atoms with Crippen molar-refractivity contribution in [1.29, 1.82) is 0 Å². The normalized spacial score (nSPS) is 17.1. The Kier molecular flexibility index (Phi) is 5.72. The lowest BCUT2D eigenvalue weighted by molar-refractivity contribution is 0.110. The highest BCUT2D eigenvalue weighted by molar-refractivity contribution is 5.95. The molecule has 1 fully saturated rings. The number of carbonyl (C=O) groups excluding carboxylic acids is 1. The van der Waals surface area contributed by atoms with Gasteiger partial charge >= 0.3 is 6.09 Å². The van der Waals surface area contributed by atoms with E-state index in [0.29, 0.717) is 5.88 Å². The lowest BCUT2D eigenvalue weighted by Crippen LogP contribution is -2.35. The van der Waals surface area contributed by atoms with Crippen LogP contribution in [0.25, 0.3) is 11.1 Å². The number of likely N-dealkylation sites (tertiary alicyclic amines) is 1. The molecule has 2 aromatic rings. The summed E-state index contributed by atoms with van der Waals surface area (Å²) in [6, 6.07) is 6.22. The average molecular weight is 396 g/mol. The molecule has 1 aliphatic carbocycles. The zero-order valence-electron chi connectivity index (χ0n) is 17.5. The van der Waals surface area contributed by atoms with Gasteiger partial charge in [-0.15, -0.1) is 0 Å². The van der Waals surface area contributed by atoms with E-state index >= 15 is 0 Å². The van der Waals surface area contributed by atoms with Crippen LogP contribution in [-0.4, -0.2) is 49.3 Å². The molecule has 0 saturated carbocycles. The number of amides is 1. The van der Waals surface area contributed by atoms with Crippen LogP contribution in [0.3, 0.4) is 0 Å². The van der Waals surface area contributed by atoms with Gasteiger partial charge in [-0.05, 0) is 74.4 Å². The predicted octanol–water partition coefficient (Wildman–Crippen LogP) is 4.20. The summed E-state index contributed by atoms with van der Waals surface area (Å²) in [4.78, 5) is 18.8. The number of fused-ring (bicyclic) bond motifs is 1. The first-order valence-corrected chi connectivity index (χ1v) is 10.4. The quantitative estimate of drug-likeness (QED) is 0.841. The number of carbonyl (C=O) groups is 1. The first-order valence-electron chi connectivity index (χ1n) is 10.4. The fourth-order valence-electron chi connectivity index (χ4n) is 4.46. The summed E-state index contributed by atoms with van der Waals surface area (Å²) >= 11 is 0. The van der Waals surface area contributed by atoms with Crippen molar-refractivity contribution in [3.05, 3.63) is 41.1 Å². The molecule has 4 rings (SSSR count). The summed E-state index contributed by atoms with van der Waals surface area (Å²) in [5.74, 6) is 0.640. The van der Waals surface area contributed by atoms with Gasteiger partial charge in [0, 0.05) is 30.9 Å². The van der Waals surface area contributed by atoms with Gasteiger partial charge in [0.1, 0.15) is 6.10 Å². The Morgan fingerprint density at radius 2 is 2.03 bits per heavy atom. The molecule has 154 valence electrons. The van der Waals surface area contributed by atoms with Gasteiger partial charge in [-0.25, -0.2) is 9.78 Å². The number of ether oxygens (including phenoxy) is 2. The van der Waals surface area contributed by atoms with Gasteiger partial charge in [0.25, 0.3) is 0 Å². The fraction of sp³-hybridized carbons (Fsp3) is 0.478. The van der Waals surface area contributed by atoms with Crippen LogP contribution in [0.5, 0.6) is 5.88 Å². The number of anilines is 1. The van der Waals surface area contributed by atoms with Gasteiger partial charge in [-0.1, -0.05) is 6.07 Å². The maximum Gasteiger partial charge on any atom is 0.411 e. The molecular formula is C23H29N3O3. The van der Waals surface area contributed by atoms with Crippen LogP contribution >= 0.6 is 0 Å². The summed E-state index contributed by atoms with van der Waals surface area (Å²) in [6.07, 6.45) is 6.68. The molecule has 0 radical (unpaired) electrons. The highest BCUT2D eigenvalue weighted by Crippen LogP contribution is 2.40. The van der Waals surface area contributed by atoms with Crippen molar-refractivity contribution in [3.8, 4) is 17.0 Å². The molecule has 0 bridgehead atoms. The van der Waals surface area contributed by atoms with E-state index < -0.39 is 6.09 Å². The fourth-order valence-corrected chi connectivity index (χ4v) is 4.46. The monoisotopic (exact) mass is 395 g/mol. The Hall–Kier alpha value is -2.60. The number of piperidine rings is 1. The minimum atomic E-state index is -0.442. The number of hydrogen-bond donors (Lipinski definition) is 1. The first kappa shape index (κ1) is 19.7. The van der Waals surface area contributed by atoms with E-state index in [1.165, 1.54) is 18.2 Å². The number of aromatic nitrogens is 1. The molecule has 1 aliphatic heterocycles. The average Bonchev–Trinajstić information content (AvgIpc) is 3.18. The third kappa shape index (κ3) is 4.22. The lowest BCUT2D eigenvalue weighted by atomic mass is 9.93. The Labute approximate surface area is 172 Å². The van der Waals surface area contributed by atoms with Crippen molar-refractivity contribution in [1.82, 2.24) is 9.88 Å². The lowest BCUT2D eigenvalue weighted by Gasteiger charge is -2.29. The maximum atomic E-state index is 12.1. The number of nitrogens with zero attached hydrogens (tertiary/aromatic N) is 2. The Morgan fingerprint density at radius 1 is 1.24 bits per heavy atom. The number of benzene rings is 1. The molecule has 6 nitrogen and oxygen atoms in total. The molecular weight excluding hydrogens is 366 g/mol. The Balaban J connectivity index is 1.68. The summed E-state index contributed by atoms with van der Waals surface area (Å²) in [7, 11) is 3.53. The molecule has 0 atom stereocenters. The molecule has 1 saturated heterocycles. The van der Waals surface area contributed by atoms with Crippen molar-refractivity contribution < 1.29 is 14.3 Å². The topological polar surface area (TPSA) is 63.7 Å². The zero-order valence-corrected chi connectivity index (χ0v) is 17.5. The number of aryl methyl sites for hydroxylation is 2. The third-order valence-corrected chi connectivity index (χ3v) is 5.99. The highest BCUT2D eigenvalue weighted by atomic mass is 16.5. The van der Waals surface area contributed by atoms with Crippen molar-refractivity contribution >= 4 is 11.8 Å². The van der Waals surface area contributed by atoms with Crippen molar-refractivity contribution in [3.63, 3.8) is 0 Å². The van der Waals surface area contributed by atoms with E-state index in [4.69, 9.17) is 9.47 Å². The SMILES string of the molecule is COC(=O)Nc1c2c(cc(C)c1-c1ccnc(OC3CCN(C)CC3)c1)CCC2. The van der Waals surface area contributed by atoms with E-state index in [1.807, 2.05) is 12.1 Å². The van der Waals surface area contributed by atoms with Crippen LogP contribution in [0, 0.1) is 6.92 Å². The van der Waals surface area contributed by atoms with E-state index in [-0.39, 0.29) is 6.10 Å². The molecule has 2 heterocycles. The van der Waals surface area contributed by atoms with Crippen LogP contribution in [-0.2, 0) is 17.6 Å². The van der Waals surface area contributed by atoms with Gasteiger partial charge in [-0.2, -0.15) is 0 Å². The molecule has 6 heteroatoms. The van der Waals surface area contributed by atoms with Gasteiger partial charge < -0.3 is 14.4 Å². The molecule has 0 unspecified atom stereocenters. The summed E-state index contributed by atoms with van der Waals surface area (Å²) < 4.78 is 11.1. The van der Waals surface area contributed by atoms with E-state index in [0.717, 1.165) is 67.6 Å². The van der Waals surface area contributed by atoms with E-state index in [1.54, 1.807) is 6.20 Å². The predicted molar refractivity (Wildman–Crippen MR) is 114 cm³/mol. The third-order valence-electron chi connectivity index (χ3n) is 5.99. The molecule has 2 aliphatic rings. The van der Waals surface area contributed by atoms with Gasteiger partial charge in [-0.3, -0.25) is 5.32 Å². The second-order valence-corrected chi connectivity index (χ2v) is 8.05. The Morgan fingerprint density at radius 3 is 2.79 bits per heavy atom. The van der Waals surface area contributed by atoms with Crippen LogP contribution in [0.1, 0.15) is 36.0 Å². The summed E-state index contributed by atoms with van der Waals surface area (Å²) in [5, 5.41) is 2.98. The summed E-state index contributed by atoms with van der Waals surface area (Å²) in [5.41, 5.74) is 6.54. The molecule has 0 spiro atoms. The van der Waals surface area contributed by atoms with E-state index in [9.17, 15) is 4.79 Å². The smallest absolute Gasteiger partial charge is 0.411 e. The standard InChI is InChI=1S/C23H29N3O3/c1-15-13-16-5-4-6-19(16)22(25-23(27)28-3)21(15)17-7-10-24-20(14-17)29-18-8-11-26(2)12-9-18/h7,10,13-14,18H,4-6,8-9,11-12H2,1-3H3,(H,25,27). The summed E-state index contributed by atoms with van der Waals surface area (Å²) in [6.45, 7) is 4.18. The zero-order chi connectivity index (χ0) is 20.4. The van der Waals surface area contributed by atoms with Crippen LogP contribution in [0.2, 0.25) is 0 Å².